The van der Waals surface area contributed by atoms with Crippen LogP contribution in [0.4, 0.5) is 21.6 Å². The first-order chi connectivity index (χ1) is 16.5. The summed E-state index contributed by atoms with van der Waals surface area (Å²) in [7, 11) is 1.30. The molecule has 0 saturated carbocycles. The van der Waals surface area contributed by atoms with E-state index in [1.54, 1.807) is 48.8 Å². The maximum atomic E-state index is 13.2. The number of para-hydroxylation sites is 1. The van der Waals surface area contributed by atoms with Crippen LogP contribution in [0.3, 0.4) is 0 Å². The number of esters is 1. The highest BCUT2D eigenvalue weighted by atomic mass is 32.2. The van der Waals surface area contributed by atoms with Crippen LogP contribution in [0.2, 0.25) is 0 Å². The largest absolute Gasteiger partial charge is 0.465 e. The number of thioether (sulfide) groups is 1. The lowest BCUT2D eigenvalue weighted by atomic mass is 10.2. The van der Waals surface area contributed by atoms with Crippen molar-refractivity contribution < 1.29 is 18.7 Å². The number of nitrogens with zero attached hydrogens (tertiary/aromatic N) is 4. The molecule has 1 aliphatic heterocycles. The van der Waals surface area contributed by atoms with E-state index in [0.717, 1.165) is 37.7 Å². The second kappa shape index (κ2) is 11.0. The predicted octanol–water partition coefficient (Wildman–Crippen LogP) is 3.46. The average molecular weight is 482 g/mol. The Kier molecular flexibility index (Phi) is 7.58. The molecule has 1 N–H and O–H groups in total. The van der Waals surface area contributed by atoms with Gasteiger partial charge < -0.3 is 19.9 Å². The van der Waals surface area contributed by atoms with Gasteiger partial charge in [-0.2, -0.15) is 0 Å². The summed E-state index contributed by atoms with van der Waals surface area (Å²) in [5.41, 5.74) is 1.68. The smallest absolute Gasteiger partial charge is 0.339 e. The van der Waals surface area contributed by atoms with E-state index in [4.69, 9.17) is 4.74 Å². The summed E-state index contributed by atoms with van der Waals surface area (Å²) >= 11 is 1.29. The van der Waals surface area contributed by atoms with Crippen LogP contribution < -0.4 is 15.1 Å². The van der Waals surface area contributed by atoms with Gasteiger partial charge in [-0.1, -0.05) is 23.9 Å². The molecular formula is C24H24FN5O3S. The summed E-state index contributed by atoms with van der Waals surface area (Å²) in [5, 5.41) is 3.43. The molecule has 0 unspecified atom stereocenters. The number of carbonyl (C=O) groups is 2. The minimum atomic E-state index is -0.514. The summed E-state index contributed by atoms with van der Waals surface area (Å²) in [4.78, 5) is 37.8. The lowest BCUT2D eigenvalue weighted by molar-refractivity contribution is -0.113. The molecule has 1 aromatic heterocycles. The molecule has 0 atom stereocenters. The monoisotopic (exact) mass is 481 g/mol. The van der Waals surface area contributed by atoms with Crippen LogP contribution in [0.15, 0.2) is 66.0 Å². The van der Waals surface area contributed by atoms with Crippen molar-refractivity contribution >= 4 is 40.8 Å². The molecule has 0 bridgehead atoms. The van der Waals surface area contributed by atoms with Gasteiger partial charge in [0.05, 0.1) is 24.1 Å². The number of hydrogen-bond acceptors (Lipinski definition) is 8. The molecule has 4 rings (SSSR count). The van der Waals surface area contributed by atoms with Crippen LogP contribution in [0.5, 0.6) is 0 Å². The van der Waals surface area contributed by atoms with E-state index in [0.29, 0.717) is 16.3 Å². The number of anilines is 3. The Bertz CT molecular complexity index is 1150. The Labute approximate surface area is 201 Å². The minimum Gasteiger partial charge on any atom is -0.465 e. The van der Waals surface area contributed by atoms with Crippen molar-refractivity contribution in [3.63, 3.8) is 0 Å². The molecule has 1 saturated heterocycles. The predicted molar refractivity (Wildman–Crippen MR) is 130 cm³/mol. The molecule has 1 aliphatic rings. The molecule has 2 heterocycles. The zero-order chi connectivity index (χ0) is 23.9. The summed E-state index contributed by atoms with van der Waals surface area (Å²) in [6.45, 7) is 2.97. The maximum Gasteiger partial charge on any atom is 0.339 e. The van der Waals surface area contributed by atoms with Gasteiger partial charge in [-0.25, -0.2) is 19.2 Å². The number of piperazine rings is 1. The van der Waals surface area contributed by atoms with Crippen LogP contribution in [0.25, 0.3) is 0 Å². The summed E-state index contributed by atoms with van der Waals surface area (Å²) in [6.07, 6.45) is 3.24. The van der Waals surface area contributed by atoms with E-state index in [9.17, 15) is 14.0 Å². The lowest BCUT2D eigenvalue weighted by Crippen LogP contribution is -2.47. The van der Waals surface area contributed by atoms with Crippen LogP contribution in [0, 0.1) is 5.82 Å². The summed E-state index contributed by atoms with van der Waals surface area (Å²) in [6, 6.07) is 13.2. The van der Waals surface area contributed by atoms with Crippen molar-refractivity contribution in [2.75, 3.05) is 54.2 Å². The van der Waals surface area contributed by atoms with Gasteiger partial charge >= 0.3 is 5.97 Å². The average Bonchev–Trinajstić information content (AvgIpc) is 2.88. The van der Waals surface area contributed by atoms with Crippen molar-refractivity contribution in [2.45, 2.75) is 5.03 Å². The molecule has 1 amide bonds. The van der Waals surface area contributed by atoms with Crippen molar-refractivity contribution in [3.8, 4) is 0 Å². The van der Waals surface area contributed by atoms with Crippen molar-refractivity contribution in [2.24, 2.45) is 0 Å². The normalized spacial score (nSPS) is 13.5. The molecule has 176 valence electrons. The number of carbonyl (C=O) groups excluding carboxylic acids is 2. The second-order valence-electron chi connectivity index (χ2n) is 7.51. The van der Waals surface area contributed by atoms with E-state index >= 15 is 0 Å². The van der Waals surface area contributed by atoms with E-state index in [2.05, 4.69) is 25.1 Å². The van der Waals surface area contributed by atoms with Crippen LogP contribution in [0.1, 0.15) is 10.4 Å². The van der Waals surface area contributed by atoms with Crippen molar-refractivity contribution in [3.05, 3.63) is 72.3 Å². The molecule has 10 heteroatoms. The summed E-state index contributed by atoms with van der Waals surface area (Å²) < 4.78 is 18.0. The maximum absolute atomic E-state index is 13.2. The highest BCUT2D eigenvalue weighted by Crippen LogP contribution is 2.28. The standard InChI is InChI=1S/C24H24FN5O3S/c1-33-24(32)19-4-2-3-5-20(19)28-21(31)16-34-23-22(26-10-11-27-23)30-14-12-29(13-15-30)18-8-6-17(25)7-9-18/h2-11H,12-16H2,1H3,(H,28,31). The fourth-order valence-corrected chi connectivity index (χ4v) is 4.45. The number of halogens is 1. The molecule has 2 aromatic carbocycles. The molecule has 34 heavy (non-hydrogen) atoms. The Morgan fingerprint density at radius 3 is 2.41 bits per heavy atom. The molecule has 1 fully saturated rings. The Hall–Kier alpha value is -3.66. The first kappa shape index (κ1) is 23.5. The van der Waals surface area contributed by atoms with Crippen LogP contribution in [-0.2, 0) is 9.53 Å². The molecular weight excluding hydrogens is 457 g/mol. The topological polar surface area (TPSA) is 87.7 Å². The van der Waals surface area contributed by atoms with Gasteiger partial charge in [0, 0.05) is 44.3 Å². The number of ether oxygens (including phenoxy) is 1. The van der Waals surface area contributed by atoms with Gasteiger partial charge in [0.15, 0.2) is 5.82 Å². The number of amides is 1. The number of nitrogens with one attached hydrogen (secondary N) is 1. The highest BCUT2D eigenvalue weighted by molar-refractivity contribution is 8.00. The molecule has 0 aliphatic carbocycles. The van der Waals surface area contributed by atoms with Gasteiger partial charge in [-0.15, -0.1) is 0 Å². The molecule has 8 nitrogen and oxygen atoms in total. The third kappa shape index (κ3) is 5.63. The van der Waals surface area contributed by atoms with Crippen LogP contribution in [-0.4, -0.2) is 60.9 Å². The van der Waals surface area contributed by atoms with E-state index in [-0.39, 0.29) is 17.5 Å². The summed E-state index contributed by atoms with van der Waals surface area (Å²) in [5.74, 6) is -0.189. The van der Waals surface area contributed by atoms with Crippen LogP contribution >= 0.6 is 11.8 Å². The quantitative estimate of drug-likeness (QED) is 0.406. The number of benzene rings is 2. The second-order valence-corrected chi connectivity index (χ2v) is 8.47. The fourth-order valence-electron chi connectivity index (χ4n) is 3.67. The molecule has 0 radical (unpaired) electrons. The molecule has 0 spiro atoms. The third-order valence-corrected chi connectivity index (χ3v) is 6.33. The Morgan fingerprint density at radius 2 is 1.68 bits per heavy atom. The van der Waals surface area contributed by atoms with Crippen molar-refractivity contribution in [1.82, 2.24) is 9.97 Å². The zero-order valence-corrected chi connectivity index (χ0v) is 19.4. The fraction of sp³-hybridized carbons (Fsp3) is 0.250. The van der Waals surface area contributed by atoms with Gasteiger partial charge in [-0.05, 0) is 36.4 Å². The first-order valence-corrected chi connectivity index (χ1v) is 11.7. The molecule has 3 aromatic rings. The minimum absolute atomic E-state index is 0.108. The number of hydrogen-bond donors (Lipinski definition) is 1. The van der Waals surface area contributed by atoms with Gasteiger partial charge in [-0.3, -0.25) is 4.79 Å². The highest BCUT2D eigenvalue weighted by Gasteiger charge is 2.22. The van der Waals surface area contributed by atoms with Crippen molar-refractivity contribution in [1.29, 1.82) is 0 Å². The Balaban J connectivity index is 1.37. The number of methoxy groups -OCH3 is 1. The Morgan fingerprint density at radius 1 is 1.00 bits per heavy atom. The lowest BCUT2D eigenvalue weighted by Gasteiger charge is -2.37. The SMILES string of the molecule is COC(=O)c1ccccc1NC(=O)CSc1nccnc1N1CCN(c2ccc(F)cc2)CC1. The van der Waals surface area contributed by atoms with E-state index < -0.39 is 5.97 Å². The third-order valence-electron chi connectivity index (χ3n) is 5.36. The van der Waals surface area contributed by atoms with Gasteiger partial charge in [0.25, 0.3) is 0 Å². The van der Waals surface area contributed by atoms with E-state index in [1.807, 2.05) is 0 Å². The number of aromatic nitrogens is 2. The van der Waals surface area contributed by atoms with Gasteiger partial charge in [0.1, 0.15) is 10.8 Å². The zero-order valence-electron chi connectivity index (χ0n) is 18.6. The first-order valence-electron chi connectivity index (χ1n) is 10.7. The number of rotatable bonds is 7. The van der Waals surface area contributed by atoms with E-state index in [1.165, 1.54) is 31.0 Å². The van der Waals surface area contributed by atoms with Gasteiger partial charge in [0.2, 0.25) is 5.91 Å².